The van der Waals surface area contributed by atoms with Crippen LogP contribution in [0.3, 0.4) is 0 Å². The van der Waals surface area contributed by atoms with Crippen molar-refractivity contribution in [2.24, 2.45) is 11.5 Å². The fourth-order valence-corrected chi connectivity index (χ4v) is 1.58. The lowest BCUT2D eigenvalue weighted by Gasteiger charge is -2.17. The number of hydrogen-bond acceptors (Lipinski definition) is 5. The van der Waals surface area contributed by atoms with Crippen molar-refractivity contribution in [2.75, 3.05) is 18.4 Å². The van der Waals surface area contributed by atoms with Crippen LogP contribution in [0.4, 0.5) is 5.82 Å². The molecule has 0 radical (unpaired) electrons. The van der Waals surface area contributed by atoms with E-state index < -0.39 is 5.72 Å². The molecule has 13 heavy (non-hydrogen) atoms. The molecule has 1 unspecified atom stereocenters. The molecular weight excluding hydrogens is 170 g/mol. The zero-order valence-corrected chi connectivity index (χ0v) is 7.20. The van der Waals surface area contributed by atoms with Crippen LogP contribution >= 0.6 is 0 Å². The number of imidazole rings is 1. The van der Waals surface area contributed by atoms with Gasteiger partial charge in [-0.05, 0) is 0 Å². The van der Waals surface area contributed by atoms with Gasteiger partial charge in [-0.2, -0.15) is 0 Å². The molecule has 1 aromatic heterocycles. The fraction of sp³-hybridized carbons (Fsp3) is 0.571. The summed E-state index contributed by atoms with van der Waals surface area (Å²) < 4.78 is 1.77. The first-order valence-corrected chi connectivity index (χ1v) is 4.16. The summed E-state index contributed by atoms with van der Waals surface area (Å²) in [5, 5.41) is 12.7. The van der Waals surface area contributed by atoms with E-state index in [0.29, 0.717) is 31.1 Å². The summed E-state index contributed by atoms with van der Waals surface area (Å²) in [4.78, 5) is 4.07. The second-order valence-electron chi connectivity index (χ2n) is 3.20. The minimum atomic E-state index is -1.32. The monoisotopic (exact) mass is 183 g/mol. The smallest absolute Gasteiger partial charge is 0.176 e. The molecule has 6 N–H and O–H groups in total. The summed E-state index contributed by atoms with van der Waals surface area (Å²) in [7, 11) is 0. The van der Waals surface area contributed by atoms with Gasteiger partial charge in [0.25, 0.3) is 0 Å². The van der Waals surface area contributed by atoms with Gasteiger partial charge in [-0.3, -0.25) is 5.73 Å². The predicted octanol–water partition coefficient (Wildman–Crippen LogP) is -1.63. The van der Waals surface area contributed by atoms with Crippen LogP contribution < -0.4 is 16.8 Å². The van der Waals surface area contributed by atoms with Crippen molar-refractivity contribution in [3.05, 3.63) is 12.0 Å². The van der Waals surface area contributed by atoms with Gasteiger partial charge < -0.3 is 20.7 Å². The molecule has 0 spiro atoms. The average Bonchev–Trinajstić information content (AvgIpc) is 2.57. The van der Waals surface area contributed by atoms with Crippen LogP contribution in [0.15, 0.2) is 6.33 Å². The van der Waals surface area contributed by atoms with Crippen LogP contribution in [0.2, 0.25) is 0 Å². The predicted molar refractivity (Wildman–Crippen MR) is 47.9 cm³/mol. The van der Waals surface area contributed by atoms with Crippen molar-refractivity contribution >= 4 is 5.82 Å². The van der Waals surface area contributed by atoms with Crippen LogP contribution in [-0.4, -0.2) is 27.7 Å². The molecule has 1 atom stereocenters. The van der Waals surface area contributed by atoms with E-state index in [1.807, 2.05) is 0 Å². The van der Waals surface area contributed by atoms with Gasteiger partial charge in [-0.15, -0.1) is 0 Å². The van der Waals surface area contributed by atoms with Gasteiger partial charge in [-0.25, -0.2) is 4.98 Å². The molecule has 0 aliphatic carbocycles. The van der Waals surface area contributed by atoms with E-state index in [4.69, 9.17) is 11.5 Å². The highest BCUT2D eigenvalue weighted by Crippen LogP contribution is 2.29. The lowest BCUT2D eigenvalue weighted by Crippen LogP contribution is -2.40. The van der Waals surface area contributed by atoms with Crippen molar-refractivity contribution in [1.82, 2.24) is 9.55 Å². The van der Waals surface area contributed by atoms with Crippen LogP contribution in [0.1, 0.15) is 5.69 Å². The molecule has 72 valence electrons. The summed E-state index contributed by atoms with van der Waals surface area (Å²) in [6.45, 7) is 1.42. The van der Waals surface area contributed by atoms with Crippen LogP contribution in [0, 0.1) is 0 Å². The van der Waals surface area contributed by atoms with Gasteiger partial charge in [0, 0.05) is 13.1 Å². The van der Waals surface area contributed by atoms with E-state index in [2.05, 4.69) is 10.3 Å². The standard InChI is InChI=1S/C7H13N5O/c8-1-2-12-4-11-6-5(12)7(9,13)3-10-6/h4,10,13H,1-3,8-9H2. The number of hydrogen-bond donors (Lipinski definition) is 4. The van der Waals surface area contributed by atoms with Gasteiger partial charge in [0.15, 0.2) is 11.5 Å². The summed E-state index contributed by atoms with van der Waals surface area (Å²) >= 11 is 0. The molecule has 2 rings (SSSR count). The minimum Gasteiger partial charge on any atom is -0.369 e. The second kappa shape index (κ2) is 2.69. The number of nitrogens with zero attached hydrogens (tertiary/aromatic N) is 2. The first-order valence-electron chi connectivity index (χ1n) is 4.16. The summed E-state index contributed by atoms with van der Waals surface area (Å²) in [5.41, 5.74) is 10.4. The molecule has 0 saturated carbocycles. The molecule has 6 nitrogen and oxygen atoms in total. The van der Waals surface area contributed by atoms with Gasteiger partial charge in [0.2, 0.25) is 0 Å². The Hall–Kier alpha value is -1.11. The zero-order chi connectivity index (χ0) is 9.47. The van der Waals surface area contributed by atoms with E-state index in [-0.39, 0.29) is 0 Å². The van der Waals surface area contributed by atoms with Gasteiger partial charge in [0.1, 0.15) is 5.69 Å². The molecule has 0 aromatic carbocycles. The summed E-state index contributed by atoms with van der Waals surface area (Å²) in [6.07, 6.45) is 1.63. The van der Waals surface area contributed by atoms with Crippen LogP contribution in [-0.2, 0) is 12.3 Å². The molecular formula is C7H13N5O. The lowest BCUT2D eigenvalue weighted by atomic mass is 10.2. The third-order valence-electron chi connectivity index (χ3n) is 2.14. The van der Waals surface area contributed by atoms with E-state index in [0.717, 1.165) is 0 Å². The first-order chi connectivity index (χ1) is 6.15. The van der Waals surface area contributed by atoms with Gasteiger partial charge in [0.05, 0.1) is 12.9 Å². The largest absolute Gasteiger partial charge is 0.369 e. The van der Waals surface area contributed by atoms with E-state index in [1.54, 1.807) is 10.9 Å². The molecule has 1 aromatic rings. The quantitative estimate of drug-likeness (QED) is 0.412. The van der Waals surface area contributed by atoms with Crippen molar-refractivity contribution in [2.45, 2.75) is 12.3 Å². The first kappa shape index (κ1) is 8.49. The van der Waals surface area contributed by atoms with Crippen molar-refractivity contribution in [1.29, 1.82) is 0 Å². The Balaban J connectivity index is 2.41. The number of fused-ring (bicyclic) bond motifs is 1. The van der Waals surface area contributed by atoms with Crippen LogP contribution in [0.25, 0.3) is 0 Å². The molecule has 6 heteroatoms. The number of rotatable bonds is 2. The molecule has 0 fully saturated rings. The van der Waals surface area contributed by atoms with Gasteiger partial charge in [-0.1, -0.05) is 0 Å². The molecule has 0 saturated heterocycles. The highest BCUT2D eigenvalue weighted by Gasteiger charge is 2.37. The summed E-state index contributed by atoms with van der Waals surface area (Å²) in [6, 6.07) is 0. The maximum atomic E-state index is 9.76. The third-order valence-corrected chi connectivity index (χ3v) is 2.14. The highest BCUT2D eigenvalue weighted by atomic mass is 16.3. The molecule has 0 bridgehead atoms. The molecule has 2 heterocycles. The normalized spacial score (nSPS) is 25.8. The van der Waals surface area contributed by atoms with Gasteiger partial charge >= 0.3 is 0 Å². The Morgan fingerprint density at radius 2 is 2.54 bits per heavy atom. The third kappa shape index (κ3) is 1.19. The number of aliphatic hydroxyl groups is 1. The lowest BCUT2D eigenvalue weighted by molar-refractivity contribution is 0.0573. The topological polar surface area (TPSA) is 102 Å². The Morgan fingerprint density at radius 3 is 3.23 bits per heavy atom. The maximum absolute atomic E-state index is 9.76. The Kier molecular flexibility index (Phi) is 1.76. The van der Waals surface area contributed by atoms with Crippen LogP contribution in [0.5, 0.6) is 0 Å². The Bertz CT molecular complexity index is 319. The number of nitrogens with two attached hydrogens (primary N) is 2. The van der Waals surface area contributed by atoms with Crippen molar-refractivity contribution < 1.29 is 5.11 Å². The molecule has 1 aliphatic heterocycles. The Morgan fingerprint density at radius 1 is 1.77 bits per heavy atom. The second-order valence-corrected chi connectivity index (χ2v) is 3.20. The van der Waals surface area contributed by atoms with Crippen molar-refractivity contribution in [3.63, 3.8) is 0 Å². The van der Waals surface area contributed by atoms with E-state index in [1.165, 1.54) is 0 Å². The number of β-amino-alcohol motifs (C(OH)–C–C–N with tert-alkyl or cyclic N) is 1. The molecule has 1 aliphatic rings. The minimum absolute atomic E-state index is 0.302. The van der Waals surface area contributed by atoms with Crippen molar-refractivity contribution in [3.8, 4) is 0 Å². The average molecular weight is 183 g/mol. The number of anilines is 1. The van der Waals surface area contributed by atoms with E-state index in [9.17, 15) is 5.11 Å². The fourth-order valence-electron chi connectivity index (χ4n) is 1.58. The number of aromatic nitrogens is 2. The SMILES string of the molecule is NCCn1cnc2c1C(N)(O)CN2. The zero-order valence-electron chi connectivity index (χ0n) is 7.20. The highest BCUT2D eigenvalue weighted by molar-refractivity contribution is 5.50. The van der Waals surface area contributed by atoms with E-state index >= 15 is 0 Å². The molecule has 0 amide bonds. The Labute approximate surface area is 75.5 Å². The maximum Gasteiger partial charge on any atom is 0.176 e. The summed E-state index contributed by atoms with van der Waals surface area (Å²) in [5.74, 6) is 0.651. The number of nitrogens with one attached hydrogen (secondary N) is 1.